The van der Waals surface area contributed by atoms with E-state index < -0.39 is 0 Å². The Kier molecular flexibility index (Phi) is 5.81. The lowest BCUT2D eigenvalue weighted by atomic mass is 9.93. The van der Waals surface area contributed by atoms with Crippen molar-refractivity contribution in [1.82, 2.24) is 10.2 Å². The van der Waals surface area contributed by atoms with Crippen molar-refractivity contribution in [3.8, 4) is 0 Å². The van der Waals surface area contributed by atoms with Crippen molar-refractivity contribution in [3.63, 3.8) is 0 Å². The Hall–Kier alpha value is -0.610. The third-order valence-corrected chi connectivity index (χ3v) is 4.41. The molecule has 0 aromatic carbocycles. The van der Waals surface area contributed by atoms with Crippen LogP contribution in [-0.4, -0.2) is 42.0 Å². The van der Waals surface area contributed by atoms with Gasteiger partial charge in [0.25, 0.3) is 0 Å². The molecule has 19 heavy (non-hydrogen) atoms. The largest absolute Gasteiger partial charge is 0.354 e. The topological polar surface area (TPSA) is 58.4 Å². The van der Waals surface area contributed by atoms with Crippen LogP contribution < -0.4 is 11.1 Å². The highest BCUT2D eigenvalue weighted by Crippen LogP contribution is 2.23. The maximum atomic E-state index is 12.0. The average Bonchev–Trinajstić information content (AvgIpc) is 2.35. The molecule has 0 spiro atoms. The molecule has 4 heteroatoms. The highest BCUT2D eigenvalue weighted by atomic mass is 16.1. The molecule has 0 aliphatic carbocycles. The molecular weight excluding hydrogens is 238 g/mol. The van der Waals surface area contributed by atoms with Crippen molar-refractivity contribution in [2.75, 3.05) is 19.6 Å². The van der Waals surface area contributed by atoms with Gasteiger partial charge in [-0.2, -0.15) is 0 Å². The Labute approximate surface area is 118 Å². The van der Waals surface area contributed by atoms with E-state index in [1.807, 2.05) is 13.8 Å². The summed E-state index contributed by atoms with van der Waals surface area (Å²) in [7, 11) is 0. The predicted octanol–water partition coefficient (Wildman–Crippen LogP) is 1.60. The maximum absolute atomic E-state index is 12.0. The second kappa shape index (κ2) is 6.71. The fourth-order valence-electron chi connectivity index (χ4n) is 2.55. The second-order valence-corrected chi connectivity index (χ2v) is 6.87. The molecule has 1 saturated heterocycles. The summed E-state index contributed by atoms with van der Waals surface area (Å²) in [4.78, 5) is 14.5. The van der Waals surface area contributed by atoms with Crippen LogP contribution in [-0.2, 0) is 4.79 Å². The van der Waals surface area contributed by atoms with E-state index >= 15 is 0 Å². The summed E-state index contributed by atoms with van der Waals surface area (Å²) in [6, 6.07) is -0.0990. The third-order valence-electron chi connectivity index (χ3n) is 4.41. The number of nitrogens with zero attached hydrogens (tertiary/aromatic N) is 1. The van der Waals surface area contributed by atoms with E-state index in [1.165, 1.54) is 12.8 Å². The zero-order valence-corrected chi connectivity index (χ0v) is 13.2. The van der Waals surface area contributed by atoms with Gasteiger partial charge in [-0.1, -0.05) is 13.8 Å². The van der Waals surface area contributed by atoms with Gasteiger partial charge in [-0.05, 0) is 46.1 Å². The van der Waals surface area contributed by atoms with E-state index in [-0.39, 0.29) is 23.4 Å². The standard InChI is InChI=1S/C15H31N3O/c1-11-7-6-8-18(9-11)15(4,5)10-17-14(19)12(2)13(3)16/h11-13H,6-10,16H2,1-5H3,(H,17,19). The van der Waals surface area contributed by atoms with Crippen LogP contribution in [0.4, 0.5) is 0 Å². The lowest BCUT2D eigenvalue weighted by Crippen LogP contribution is -2.55. The van der Waals surface area contributed by atoms with Gasteiger partial charge < -0.3 is 11.1 Å². The molecule has 3 unspecified atom stereocenters. The molecule has 1 fully saturated rings. The molecule has 1 aliphatic rings. The fourth-order valence-corrected chi connectivity index (χ4v) is 2.55. The molecule has 1 rings (SSSR count). The zero-order valence-electron chi connectivity index (χ0n) is 13.2. The van der Waals surface area contributed by atoms with Crippen LogP contribution in [0.3, 0.4) is 0 Å². The van der Waals surface area contributed by atoms with Crippen molar-refractivity contribution in [1.29, 1.82) is 0 Å². The molecule has 3 atom stereocenters. The van der Waals surface area contributed by atoms with Crippen molar-refractivity contribution in [2.24, 2.45) is 17.6 Å². The first-order chi connectivity index (χ1) is 8.74. The van der Waals surface area contributed by atoms with Crippen LogP contribution in [0.25, 0.3) is 0 Å². The SMILES string of the molecule is CC1CCCN(C(C)(C)CNC(=O)C(C)C(C)N)C1. The number of likely N-dealkylation sites (tertiary alicyclic amines) is 1. The van der Waals surface area contributed by atoms with Gasteiger partial charge in [-0.25, -0.2) is 0 Å². The average molecular weight is 269 g/mol. The molecule has 112 valence electrons. The van der Waals surface area contributed by atoms with Crippen molar-refractivity contribution < 1.29 is 4.79 Å². The van der Waals surface area contributed by atoms with Crippen LogP contribution in [0.1, 0.15) is 47.5 Å². The third kappa shape index (κ3) is 4.77. The van der Waals surface area contributed by atoms with Gasteiger partial charge >= 0.3 is 0 Å². The molecular formula is C15H31N3O. The number of carbonyl (C=O) groups is 1. The van der Waals surface area contributed by atoms with Crippen molar-refractivity contribution in [2.45, 2.75) is 59.0 Å². The summed E-state index contributed by atoms with van der Waals surface area (Å²) in [5.74, 6) is 0.691. The Morgan fingerprint density at radius 3 is 2.63 bits per heavy atom. The van der Waals surface area contributed by atoms with Gasteiger partial charge in [0, 0.05) is 30.6 Å². The summed E-state index contributed by atoms with van der Waals surface area (Å²) in [6.07, 6.45) is 2.58. The summed E-state index contributed by atoms with van der Waals surface area (Å²) < 4.78 is 0. The van der Waals surface area contributed by atoms with Gasteiger partial charge in [0.15, 0.2) is 0 Å². The molecule has 1 amide bonds. The Bertz CT molecular complexity index is 302. The van der Waals surface area contributed by atoms with E-state index in [9.17, 15) is 4.79 Å². The zero-order chi connectivity index (χ0) is 14.6. The van der Waals surface area contributed by atoms with Gasteiger partial charge in [-0.15, -0.1) is 0 Å². The highest BCUT2D eigenvalue weighted by Gasteiger charge is 2.31. The predicted molar refractivity (Wildman–Crippen MR) is 79.9 cm³/mol. The van der Waals surface area contributed by atoms with Crippen LogP contribution in [0.2, 0.25) is 0 Å². The number of nitrogens with one attached hydrogen (secondary N) is 1. The minimum atomic E-state index is -0.129. The van der Waals surface area contributed by atoms with Crippen LogP contribution in [0.15, 0.2) is 0 Å². The number of piperidine rings is 1. The summed E-state index contributed by atoms with van der Waals surface area (Å²) in [6.45, 7) is 13.4. The molecule has 0 aromatic heterocycles. The molecule has 4 nitrogen and oxygen atoms in total. The van der Waals surface area contributed by atoms with E-state index in [1.54, 1.807) is 0 Å². The van der Waals surface area contributed by atoms with E-state index in [4.69, 9.17) is 5.73 Å². The van der Waals surface area contributed by atoms with Crippen LogP contribution in [0.5, 0.6) is 0 Å². The molecule has 0 radical (unpaired) electrons. The molecule has 0 aromatic rings. The van der Waals surface area contributed by atoms with Gasteiger partial charge in [0.2, 0.25) is 5.91 Å². The van der Waals surface area contributed by atoms with Crippen molar-refractivity contribution in [3.05, 3.63) is 0 Å². The Morgan fingerprint density at radius 2 is 2.11 bits per heavy atom. The normalized spacial score (nSPS) is 24.8. The lowest BCUT2D eigenvalue weighted by molar-refractivity contribution is -0.125. The second-order valence-electron chi connectivity index (χ2n) is 6.87. The molecule has 0 bridgehead atoms. The number of hydrogen-bond donors (Lipinski definition) is 2. The highest BCUT2D eigenvalue weighted by molar-refractivity contribution is 5.79. The van der Waals surface area contributed by atoms with Gasteiger partial charge in [-0.3, -0.25) is 9.69 Å². The van der Waals surface area contributed by atoms with E-state index in [0.29, 0.717) is 6.54 Å². The number of hydrogen-bond acceptors (Lipinski definition) is 3. The molecule has 3 N–H and O–H groups in total. The fraction of sp³-hybridized carbons (Fsp3) is 0.933. The Morgan fingerprint density at radius 1 is 1.47 bits per heavy atom. The van der Waals surface area contributed by atoms with Crippen LogP contribution in [0, 0.1) is 11.8 Å². The molecule has 1 heterocycles. The van der Waals surface area contributed by atoms with Crippen LogP contribution >= 0.6 is 0 Å². The summed E-state index contributed by atoms with van der Waals surface area (Å²) in [5, 5.41) is 3.06. The lowest BCUT2D eigenvalue weighted by Gasteiger charge is -2.43. The Balaban J connectivity index is 2.48. The quantitative estimate of drug-likeness (QED) is 0.797. The minimum Gasteiger partial charge on any atom is -0.354 e. The van der Waals surface area contributed by atoms with E-state index in [2.05, 4.69) is 31.0 Å². The summed E-state index contributed by atoms with van der Waals surface area (Å²) in [5.41, 5.74) is 5.78. The van der Waals surface area contributed by atoms with Gasteiger partial charge in [0.1, 0.15) is 0 Å². The first kappa shape index (κ1) is 16.4. The van der Waals surface area contributed by atoms with E-state index in [0.717, 1.165) is 19.0 Å². The summed E-state index contributed by atoms with van der Waals surface area (Å²) >= 11 is 0. The first-order valence-corrected chi connectivity index (χ1v) is 7.52. The van der Waals surface area contributed by atoms with Crippen molar-refractivity contribution >= 4 is 5.91 Å². The number of nitrogens with two attached hydrogens (primary N) is 1. The number of amides is 1. The van der Waals surface area contributed by atoms with Gasteiger partial charge in [0.05, 0.1) is 0 Å². The monoisotopic (exact) mass is 269 g/mol. The maximum Gasteiger partial charge on any atom is 0.224 e. The number of rotatable bonds is 5. The minimum absolute atomic E-state index is 0.0158. The first-order valence-electron chi connectivity index (χ1n) is 7.52. The molecule has 1 aliphatic heterocycles. The molecule has 0 saturated carbocycles. The number of carbonyl (C=O) groups excluding carboxylic acids is 1. The smallest absolute Gasteiger partial charge is 0.224 e.